The summed E-state index contributed by atoms with van der Waals surface area (Å²) in [6.45, 7) is 0. The molecule has 3 aliphatic rings. The van der Waals surface area contributed by atoms with Crippen molar-refractivity contribution in [1.29, 1.82) is 0 Å². The summed E-state index contributed by atoms with van der Waals surface area (Å²) in [6.07, 6.45) is 7.20. The molecule has 1 aliphatic heterocycles. The van der Waals surface area contributed by atoms with Crippen molar-refractivity contribution in [3.8, 4) is 11.5 Å². The molecule has 1 amide bonds. The topological polar surface area (TPSA) is 38.8 Å². The number of fused-ring (bicyclic) bond motifs is 3. The summed E-state index contributed by atoms with van der Waals surface area (Å²) in [4.78, 5) is 14.5. The van der Waals surface area contributed by atoms with Crippen molar-refractivity contribution >= 4 is 34.8 Å². The lowest BCUT2D eigenvalue weighted by Crippen LogP contribution is -2.23. The van der Waals surface area contributed by atoms with Crippen molar-refractivity contribution < 1.29 is 14.3 Å². The Morgan fingerprint density at radius 1 is 1.10 bits per heavy atom. The molecule has 2 aromatic carbocycles. The second kappa shape index (κ2) is 7.10. The number of hydrogen-bond acceptors (Lipinski definition) is 3. The quantitative estimate of drug-likeness (QED) is 0.632. The number of halogens is 1. The van der Waals surface area contributed by atoms with Crippen LogP contribution in [0.4, 0.5) is 5.69 Å². The van der Waals surface area contributed by atoms with E-state index in [4.69, 9.17) is 21.1 Å². The number of nitrogens with zero attached hydrogens (tertiary/aromatic N) is 1. The maximum Gasteiger partial charge on any atom is 0.258 e. The van der Waals surface area contributed by atoms with Crippen molar-refractivity contribution in [3.05, 3.63) is 52.5 Å². The van der Waals surface area contributed by atoms with E-state index in [1.807, 2.05) is 42.5 Å². The Hall–Kier alpha value is -2.46. The van der Waals surface area contributed by atoms with Gasteiger partial charge in [0.2, 0.25) is 0 Å². The fraction of sp³-hybridized carbons (Fsp3) is 0.375. The van der Waals surface area contributed by atoms with Crippen LogP contribution in [0, 0.1) is 11.8 Å². The maximum absolute atomic E-state index is 12.8. The van der Waals surface area contributed by atoms with Crippen molar-refractivity contribution in [2.45, 2.75) is 31.8 Å². The molecule has 5 heteroatoms. The van der Waals surface area contributed by atoms with E-state index in [-0.39, 0.29) is 12.0 Å². The normalized spacial score (nSPS) is 26.3. The van der Waals surface area contributed by atoms with Crippen LogP contribution in [-0.4, -0.2) is 26.2 Å². The molecule has 1 heterocycles. The zero-order valence-electron chi connectivity index (χ0n) is 16.7. The zero-order chi connectivity index (χ0) is 20.1. The Morgan fingerprint density at radius 2 is 1.97 bits per heavy atom. The Bertz CT molecular complexity index is 1020. The molecular weight excluding hydrogens is 386 g/mol. The van der Waals surface area contributed by atoms with Crippen LogP contribution in [0.15, 0.2) is 36.4 Å². The summed E-state index contributed by atoms with van der Waals surface area (Å²) in [7, 11) is 3.45. The van der Waals surface area contributed by atoms with Crippen LogP contribution in [0.25, 0.3) is 11.6 Å². The molecule has 2 aromatic rings. The monoisotopic (exact) mass is 409 g/mol. The lowest BCUT2D eigenvalue weighted by molar-refractivity contribution is -0.112. The third-order valence-electron chi connectivity index (χ3n) is 6.60. The molecule has 29 heavy (non-hydrogen) atoms. The summed E-state index contributed by atoms with van der Waals surface area (Å²) < 4.78 is 11.9. The third kappa shape index (κ3) is 3.20. The van der Waals surface area contributed by atoms with Crippen molar-refractivity contribution in [2.75, 3.05) is 19.1 Å². The molecule has 5 rings (SSSR count). The maximum atomic E-state index is 12.8. The molecular formula is C24H24ClNO3. The molecule has 2 fully saturated rings. The van der Waals surface area contributed by atoms with E-state index in [0.717, 1.165) is 40.7 Å². The van der Waals surface area contributed by atoms with E-state index in [1.165, 1.54) is 19.3 Å². The smallest absolute Gasteiger partial charge is 0.258 e. The Kier molecular flexibility index (Phi) is 4.54. The molecule has 0 saturated heterocycles. The number of methoxy groups -OCH3 is 1. The SMILES string of the molecule is COc1ccc(/C=C2/C(=O)N(C)c3ccc(Cl)cc32)cc1O[C@H]1C[C@@H]2CC[C@H]1C2. The summed E-state index contributed by atoms with van der Waals surface area (Å²) in [5, 5.41) is 0.618. The molecule has 2 aliphatic carbocycles. The van der Waals surface area contributed by atoms with Gasteiger partial charge in [0, 0.05) is 23.2 Å². The van der Waals surface area contributed by atoms with E-state index in [9.17, 15) is 4.79 Å². The molecule has 4 nitrogen and oxygen atoms in total. The van der Waals surface area contributed by atoms with Gasteiger partial charge in [-0.15, -0.1) is 0 Å². The van der Waals surface area contributed by atoms with Gasteiger partial charge < -0.3 is 14.4 Å². The molecule has 0 radical (unpaired) electrons. The molecule has 0 N–H and O–H groups in total. The first-order valence-corrected chi connectivity index (χ1v) is 10.6. The molecule has 2 saturated carbocycles. The first-order valence-electron chi connectivity index (χ1n) is 10.2. The van der Waals surface area contributed by atoms with Crippen LogP contribution in [0.5, 0.6) is 11.5 Å². The molecule has 2 bridgehead atoms. The number of rotatable bonds is 4. The minimum absolute atomic E-state index is 0.0337. The van der Waals surface area contributed by atoms with Crippen molar-refractivity contribution in [2.24, 2.45) is 11.8 Å². The van der Waals surface area contributed by atoms with Crippen molar-refractivity contribution in [1.82, 2.24) is 0 Å². The van der Waals surface area contributed by atoms with Crippen LogP contribution < -0.4 is 14.4 Å². The van der Waals surface area contributed by atoms with E-state index in [0.29, 0.717) is 16.5 Å². The fourth-order valence-electron chi connectivity index (χ4n) is 5.10. The lowest BCUT2D eigenvalue weighted by Gasteiger charge is -2.24. The van der Waals surface area contributed by atoms with Gasteiger partial charge in [-0.3, -0.25) is 4.79 Å². The third-order valence-corrected chi connectivity index (χ3v) is 6.83. The van der Waals surface area contributed by atoms with Crippen LogP contribution >= 0.6 is 11.6 Å². The standard InChI is InChI=1S/C24H24ClNO3/c1-26-20-7-6-17(25)13-18(20)19(24(26)27)10-15-4-8-21(28-2)23(12-15)29-22-11-14-3-5-16(22)9-14/h4,6-8,10,12-14,16,22H,3,5,9,11H2,1-2H3/b19-10+/t14-,16+,22+/m1/s1. The summed E-state index contributed by atoms with van der Waals surface area (Å²) in [6, 6.07) is 11.4. The van der Waals surface area contributed by atoms with Crippen molar-refractivity contribution in [3.63, 3.8) is 0 Å². The number of amides is 1. The van der Waals surface area contributed by atoms with Crippen LogP contribution in [0.1, 0.15) is 36.8 Å². The van der Waals surface area contributed by atoms with E-state index < -0.39 is 0 Å². The number of ether oxygens (including phenoxy) is 2. The Balaban J connectivity index is 1.49. The van der Waals surface area contributed by atoms with Crippen LogP contribution in [0.3, 0.4) is 0 Å². The van der Waals surface area contributed by atoms with E-state index in [1.54, 1.807) is 19.1 Å². The number of carbonyl (C=O) groups is 1. The Morgan fingerprint density at radius 3 is 2.69 bits per heavy atom. The van der Waals surface area contributed by atoms with Gasteiger partial charge in [0.05, 0.1) is 12.8 Å². The van der Waals surface area contributed by atoms with E-state index >= 15 is 0 Å². The number of benzene rings is 2. The number of anilines is 1. The number of likely N-dealkylation sites (N-methyl/N-ethyl adjacent to an activating group) is 1. The van der Waals surface area contributed by atoms with Gasteiger partial charge in [-0.05, 0) is 79.5 Å². The fourth-order valence-corrected chi connectivity index (χ4v) is 5.27. The van der Waals surface area contributed by atoms with Gasteiger partial charge in [0.15, 0.2) is 11.5 Å². The average Bonchev–Trinajstić information content (AvgIpc) is 3.39. The Labute approximate surface area is 176 Å². The van der Waals surface area contributed by atoms with Gasteiger partial charge in [-0.2, -0.15) is 0 Å². The number of hydrogen-bond donors (Lipinski definition) is 0. The molecule has 0 aromatic heterocycles. The first-order chi connectivity index (χ1) is 14.0. The minimum Gasteiger partial charge on any atom is -0.493 e. The molecule has 150 valence electrons. The van der Waals surface area contributed by atoms with Crippen LogP contribution in [0.2, 0.25) is 5.02 Å². The van der Waals surface area contributed by atoms with Gasteiger partial charge in [-0.1, -0.05) is 17.7 Å². The van der Waals surface area contributed by atoms with Gasteiger partial charge in [0.25, 0.3) is 5.91 Å². The minimum atomic E-state index is -0.0337. The second-order valence-electron chi connectivity index (χ2n) is 8.33. The second-order valence-corrected chi connectivity index (χ2v) is 8.76. The van der Waals surface area contributed by atoms with Crippen LogP contribution in [-0.2, 0) is 4.79 Å². The predicted molar refractivity (Wildman–Crippen MR) is 116 cm³/mol. The highest BCUT2D eigenvalue weighted by atomic mass is 35.5. The van der Waals surface area contributed by atoms with Gasteiger partial charge >= 0.3 is 0 Å². The highest BCUT2D eigenvalue weighted by Crippen LogP contribution is 2.47. The highest BCUT2D eigenvalue weighted by Gasteiger charge is 2.41. The van der Waals surface area contributed by atoms with E-state index in [2.05, 4.69) is 0 Å². The first kappa shape index (κ1) is 18.6. The summed E-state index contributed by atoms with van der Waals surface area (Å²) in [5.74, 6) is 2.92. The van der Waals surface area contributed by atoms with Gasteiger partial charge in [-0.25, -0.2) is 0 Å². The zero-order valence-corrected chi connectivity index (χ0v) is 17.4. The van der Waals surface area contributed by atoms with Gasteiger partial charge in [0.1, 0.15) is 6.10 Å². The average molecular weight is 410 g/mol. The molecule has 0 unspecified atom stereocenters. The molecule has 0 spiro atoms. The summed E-state index contributed by atoms with van der Waals surface area (Å²) in [5.41, 5.74) is 3.28. The molecule has 3 atom stereocenters. The lowest BCUT2D eigenvalue weighted by atomic mass is 9.97. The largest absolute Gasteiger partial charge is 0.493 e. The number of carbonyl (C=O) groups excluding carboxylic acids is 1. The highest BCUT2D eigenvalue weighted by molar-refractivity contribution is 6.37. The predicted octanol–water partition coefficient (Wildman–Crippen LogP) is 5.43. The summed E-state index contributed by atoms with van der Waals surface area (Å²) >= 11 is 6.18.